The molecule has 1 aromatic heterocycles. The summed E-state index contributed by atoms with van der Waals surface area (Å²) in [5.74, 6) is -0.280. The Balaban J connectivity index is 1.42. The predicted octanol–water partition coefficient (Wildman–Crippen LogP) is 4.85. The first kappa shape index (κ1) is 26.8. The van der Waals surface area contributed by atoms with E-state index in [-0.39, 0.29) is 35.1 Å². The number of aromatic nitrogens is 2. The SMILES string of the molecule is COc1ccc([C@@H]2C[C@H](C(F)(F)F)n3nc(-c4ccc(C(=O)NC5CCNCC5)c(F)c4)cc3N2)cc1OC. The smallest absolute Gasteiger partial charge is 0.410 e. The van der Waals surface area contributed by atoms with E-state index in [0.717, 1.165) is 36.7 Å². The molecule has 208 valence electrons. The van der Waals surface area contributed by atoms with Crippen LogP contribution in [-0.2, 0) is 0 Å². The number of fused-ring (bicyclic) bond motifs is 1. The van der Waals surface area contributed by atoms with E-state index in [1.807, 2.05) is 0 Å². The van der Waals surface area contributed by atoms with Gasteiger partial charge in [0.05, 0.1) is 31.5 Å². The molecular weight excluding hydrogens is 518 g/mol. The van der Waals surface area contributed by atoms with Gasteiger partial charge in [-0.2, -0.15) is 18.3 Å². The van der Waals surface area contributed by atoms with Crippen LogP contribution in [0.2, 0.25) is 0 Å². The van der Waals surface area contributed by atoms with Crippen molar-refractivity contribution >= 4 is 11.7 Å². The number of alkyl halides is 3. The lowest BCUT2D eigenvalue weighted by Crippen LogP contribution is -2.42. The summed E-state index contributed by atoms with van der Waals surface area (Å²) in [6, 6.07) is 7.73. The second-order valence-corrected chi connectivity index (χ2v) is 9.66. The normalized spacial score (nSPS) is 19.6. The predicted molar refractivity (Wildman–Crippen MR) is 137 cm³/mol. The van der Waals surface area contributed by atoms with Crippen LogP contribution in [0.4, 0.5) is 23.4 Å². The molecule has 0 radical (unpaired) electrons. The summed E-state index contributed by atoms with van der Waals surface area (Å²) >= 11 is 0. The number of amides is 1. The van der Waals surface area contributed by atoms with Gasteiger partial charge in [0.15, 0.2) is 17.5 Å². The largest absolute Gasteiger partial charge is 0.493 e. The summed E-state index contributed by atoms with van der Waals surface area (Å²) in [6.45, 7) is 1.55. The van der Waals surface area contributed by atoms with Crippen LogP contribution in [-0.4, -0.2) is 55.2 Å². The van der Waals surface area contributed by atoms with E-state index in [9.17, 15) is 22.4 Å². The molecule has 2 aromatic carbocycles. The molecule has 3 heterocycles. The van der Waals surface area contributed by atoms with Gasteiger partial charge >= 0.3 is 6.18 Å². The van der Waals surface area contributed by atoms with Crippen LogP contribution < -0.4 is 25.4 Å². The topological polar surface area (TPSA) is 89.4 Å². The minimum atomic E-state index is -4.57. The van der Waals surface area contributed by atoms with Crippen molar-refractivity contribution < 1.29 is 31.8 Å². The molecule has 0 bridgehead atoms. The fourth-order valence-corrected chi connectivity index (χ4v) is 5.09. The fourth-order valence-electron chi connectivity index (χ4n) is 5.09. The molecule has 1 amide bonds. The van der Waals surface area contributed by atoms with E-state index in [1.165, 1.54) is 32.4 Å². The Morgan fingerprint density at radius 2 is 1.79 bits per heavy atom. The van der Waals surface area contributed by atoms with E-state index in [1.54, 1.807) is 18.2 Å². The first-order chi connectivity index (χ1) is 18.7. The molecule has 8 nitrogen and oxygen atoms in total. The maximum Gasteiger partial charge on any atom is 0.410 e. The number of rotatable bonds is 6. The standard InChI is InChI=1S/C27H29F4N5O3/c1-38-22-6-4-16(12-23(22)39-2)20-13-24(27(29,30)31)36-25(34-20)14-21(35-36)15-3-5-18(19(28)11-15)26(37)33-17-7-9-32-10-8-17/h3-6,11-12,14,17,20,24,32,34H,7-10,13H2,1-2H3,(H,33,37)/t20-,24+/m0/s1. The Labute approximate surface area is 222 Å². The lowest BCUT2D eigenvalue weighted by atomic mass is 9.96. The highest BCUT2D eigenvalue weighted by atomic mass is 19.4. The zero-order valence-electron chi connectivity index (χ0n) is 21.4. The Morgan fingerprint density at radius 1 is 1.05 bits per heavy atom. The van der Waals surface area contributed by atoms with Gasteiger partial charge in [0, 0.05) is 24.1 Å². The lowest BCUT2D eigenvalue weighted by molar-refractivity contribution is -0.173. The molecule has 1 saturated heterocycles. The summed E-state index contributed by atoms with van der Waals surface area (Å²) in [5, 5.41) is 13.3. The number of anilines is 1. The molecule has 39 heavy (non-hydrogen) atoms. The van der Waals surface area contributed by atoms with Crippen molar-refractivity contribution in [1.29, 1.82) is 0 Å². The molecule has 1 fully saturated rings. The van der Waals surface area contributed by atoms with E-state index < -0.39 is 30.0 Å². The molecule has 2 atom stereocenters. The van der Waals surface area contributed by atoms with Gasteiger partial charge in [-0.3, -0.25) is 4.79 Å². The Bertz CT molecular complexity index is 1350. The average molecular weight is 548 g/mol. The first-order valence-corrected chi connectivity index (χ1v) is 12.6. The third kappa shape index (κ3) is 5.51. The van der Waals surface area contributed by atoms with Crippen LogP contribution in [0.3, 0.4) is 0 Å². The van der Waals surface area contributed by atoms with Crippen LogP contribution in [0.1, 0.15) is 47.3 Å². The van der Waals surface area contributed by atoms with Crippen molar-refractivity contribution in [3.8, 4) is 22.8 Å². The molecule has 3 aromatic rings. The number of piperidine rings is 1. The Hall–Kier alpha value is -3.80. The minimum Gasteiger partial charge on any atom is -0.493 e. The van der Waals surface area contributed by atoms with Crippen LogP contribution in [0.5, 0.6) is 11.5 Å². The minimum absolute atomic E-state index is 0.0401. The highest BCUT2D eigenvalue weighted by Crippen LogP contribution is 2.45. The van der Waals surface area contributed by atoms with Crippen LogP contribution in [0.15, 0.2) is 42.5 Å². The van der Waals surface area contributed by atoms with Crippen molar-refractivity contribution in [3.05, 3.63) is 59.4 Å². The highest BCUT2D eigenvalue weighted by molar-refractivity contribution is 5.95. The van der Waals surface area contributed by atoms with E-state index in [0.29, 0.717) is 17.1 Å². The fraction of sp³-hybridized carbons (Fsp3) is 0.407. The van der Waals surface area contributed by atoms with E-state index >= 15 is 0 Å². The van der Waals surface area contributed by atoms with Gasteiger partial charge in [0.2, 0.25) is 0 Å². The highest BCUT2D eigenvalue weighted by Gasteiger charge is 2.46. The number of hydrogen-bond acceptors (Lipinski definition) is 6. The van der Waals surface area contributed by atoms with Gasteiger partial charge in [0.1, 0.15) is 11.6 Å². The van der Waals surface area contributed by atoms with Crippen molar-refractivity contribution in [1.82, 2.24) is 20.4 Å². The summed E-state index contributed by atoms with van der Waals surface area (Å²) in [4.78, 5) is 12.6. The van der Waals surface area contributed by atoms with Gasteiger partial charge in [-0.05, 0) is 55.8 Å². The van der Waals surface area contributed by atoms with Crippen LogP contribution >= 0.6 is 0 Å². The van der Waals surface area contributed by atoms with Gasteiger partial charge in [0.25, 0.3) is 5.91 Å². The number of carbonyl (C=O) groups excluding carboxylic acids is 1. The van der Waals surface area contributed by atoms with Gasteiger partial charge in [-0.15, -0.1) is 0 Å². The number of methoxy groups -OCH3 is 2. The molecule has 2 aliphatic rings. The second kappa shape index (κ2) is 10.8. The van der Waals surface area contributed by atoms with Crippen molar-refractivity contribution in [3.63, 3.8) is 0 Å². The number of carbonyl (C=O) groups is 1. The third-order valence-corrected chi connectivity index (χ3v) is 7.18. The van der Waals surface area contributed by atoms with Gasteiger partial charge < -0.3 is 25.4 Å². The number of hydrogen-bond donors (Lipinski definition) is 3. The molecule has 2 aliphatic heterocycles. The molecule has 0 unspecified atom stereocenters. The van der Waals surface area contributed by atoms with Crippen molar-refractivity contribution in [2.45, 2.75) is 43.6 Å². The summed E-state index contributed by atoms with van der Waals surface area (Å²) < 4.78 is 68.8. The molecule has 0 spiro atoms. The second-order valence-electron chi connectivity index (χ2n) is 9.66. The van der Waals surface area contributed by atoms with Gasteiger partial charge in [-0.1, -0.05) is 12.1 Å². The Morgan fingerprint density at radius 3 is 2.46 bits per heavy atom. The molecule has 0 aliphatic carbocycles. The van der Waals surface area contributed by atoms with E-state index in [4.69, 9.17) is 9.47 Å². The Kier molecular flexibility index (Phi) is 7.39. The van der Waals surface area contributed by atoms with Crippen LogP contribution in [0, 0.1) is 5.82 Å². The zero-order valence-corrected chi connectivity index (χ0v) is 21.4. The summed E-state index contributed by atoms with van der Waals surface area (Å²) in [7, 11) is 2.93. The van der Waals surface area contributed by atoms with Crippen LogP contribution in [0.25, 0.3) is 11.3 Å². The molecule has 5 rings (SSSR count). The third-order valence-electron chi connectivity index (χ3n) is 7.18. The first-order valence-electron chi connectivity index (χ1n) is 12.6. The maximum atomic E-state index is 15.0. The number of ether oxygens (including phenoxy) is 2. The number of nitrogens with zero attached hydrogens (tertiary/aromatic N) is 2. The zero-order chi connectivity index (χ0) is 27.7. The monoisotopic (exact) mass is 547 g/mol. The van der Waals surface area contributed by atoms with Crippen molar-refractivity contribution in [2.24, 2.45) is 0 Å². The molecule has 0 saturated carbocycles. The summed E-state index contributed by atoms with van der Waals surface area (Å²) in [6.07, 6.45) is -3.37. The van der Waals surface area contributed by atoms with Gasteiger partial charge in [-0.25, -0.2) is 9.07 Å². The number of halogens is 4. The van der Waals surface area contributed by atoms with E-state index in [2.05, 4.69) is 21.0 Å². The molecule has 12 heteroatoms. The maximum absolute atomic E-state index is 15.0. The lowest BCUT2D eigenvalue weighted by Gasteiger charge is -2.33. The quantitative estimate of drug-likeness (QED) is 0.383. The summed E-state index contributed by atoms with van der Waals surface area (Å²) in [5.41, 5.74) is 0.884. The number of nitrogens with one attached hydrogen (secondary N) is 3. The molecular formula is C27H29F4N5O3. The number of benzene rings is 2. The van der Waals surface area contributed by atoms with Crippen molar-refractivity contribution in [2.75, 3.05) is 32.6 Å². The molecule has 3 N–H and O–H groups in total. The average Bonchev–Trinajstić information content (AvgIpc) is 3.36.